The molecule has 1 fully saturated rings. The molecule has 1 rings (SSSR count). The Morgan fingerprint density at radius 2 is 1.94 bits per heavy atom. The van der Waals surface area contributed by atoms with E-state index in [1.807, 2.05) is 6.07 Å². The van der Waals surface area contributed by atoms with Crippen molar-refractivity contribution in [2.75, 3.05) is 14.2 Å². The Hall–Kier alpha value is -1.57. The molecule has 0 N–H and O–H groups in total. The van der Waals surface area contributed by atoms with Gasteiger partial charge in [0.15, 0.2) is 5.41 Å². The summed E-state index contributed by atoms with van der Waals surface area (Å²) >= 11 is 0. The van der Waals surface area contributed by atoms with Crippen molar-refractivity contribution < 1.29 is 19.1 Å². The van der Waals surface area contributed by atoms with Gasteiger partial charge in [0, 0.05) is 6.42 Å². The summed E-state index contributed by atoms with van der Waals surface area (Å²) in [4.78, 5) is 23.1. The van der Waals surface area contributed by atoms with E-state index in [0.717, 1.165) is 0 Å². The molecule has 16 heavy (non-hydrogen) atoms. The van der Waals surface area contributed by atoms with Gasteiger partial charge in [0.1, 0.15) is 0 Å². The number of nitriles is 1. The lowest BCUT2D eigenvalue weighted by molar-refractivity contribution is -0.162. The van der Waals surface area contributed by atoms with Gasteiger partial charge in [0.05, 0.1) is 20.3 Å². The summed E-state index contributed by atoms with van der Waals surface area (Å²) in [6, 6.07) is 2.03. The minimum Gasteiger partial charge on any atom is -0.468 e. The maximum absolute atomic E-state index is 11.6. The lowest BCUT2D eigenvalue weighted by atomic mass is 10.0. The molecule has 0 radical (unpaired) electrons. The van der Waals surface area contributed by atoms with E-state index in [1.165, 1.54) is 14.2 Å². The molecule has 0 saturated heterocycles. The molecule has 0 aromatic heterocycles. The average molecular weight is 225 g/mol. The van der Waals surface area contributed by atoms with Crippen LogP contribution in [-0.4, -0.2) is 26.2 Å². The van der Waals surface area contributed by atoms with E-state index < -0.39 is 17.4 Å². The van der Waals surface area contributed by atoms with Gasteiger partial charge in [-0.15, -0.1) is 0 Å². The van der Waals surface area contributed by atoms with Gasteiger partial charge >= 0.3 is 11.9 Å². The van der Waals surface area contributed by atoms with Crippen molar-refractivity contribution in [1.82, 2.24) is 0 Å². The molecule has 1 unspecified atom stereocenters. The highest BCUT2D eigenvalue weighted by Crippen LogP contribution is 2.56. The van der Waals surface area contributed by atoms with Gasteiger partial charge in [-0.25, -0.2) is 0 Å². The second kappa shape index (κ2) is 4.97. The van der Waals surface area contributed by atoms with Crippen LogP contribution in [0, 0.1) is 22.7 Å². The van der Waals surface area contributed by atoms with Crippen molar-refractivity contribution in [2.45, 2.75) is 25.7 Å². The number of ether oxygens (including phenoxy) is 2. The summed E-state index contributed by atoms with van der Waals surface area (Å²) in [5.74, 6) is -1.09. The first-order chi connectivity index (χ1) is 7.63. The number of hydrogen-bond donors (Lipinski definition) is 0. The van der Waals surface area contributed by atoms with Gasteiger partial charge in [-0.2, -0.15) is 5.26 Å². The largest absolute Gasteiger partial charge is 0.468 e. The minimum atomic E-state index is -1.10. The molecule has 1 aliphatic carbocycles. The highest BCUT2D eigenvalue weighted by molar-refractivity contribution is 6.03. The molecule has 5 heteroatoms. The highest BCUT2D eigenvalue weighted by Gasteiger charge is 2.67. The number of esters is 2. The Morgan fingerprint density at radius 1 is 1.38 bits per heavy atom. The zero-order valence-electron chi connectivity index (χ0n) is 9.49. The maximum Gasteiger partial charge on any atom is 0.323 e. The second-order valence-corrected chi connectivity index (χ2v) is 3.91. The molecule has 0 heterocycles. The van der Waals surface area contributed by atoms with E-state index >= 15 is 0 Å². The molecule has 1 atom stereocenters. The van der Waals surface area contributed by atoms with E-state index in [1.54, 1.807) is 0 Å². The third-order valence-corrected chi connectivity index (χ3v) is 3.05. The molecule has 1 aliphatic rings. The van der Waals surface area contributed by atoms with Crippen LogP contribution in [0.1, 0.15) is 25.7 Å². The molecule has 0 amide bonds. The van der Waals surface area contributed by atoms with E-state index in [9.17, 15) is 9.59 Å². The van der Waals surface area contributed by atoms with Crippen LogP contribution >= 0.6 is 0 Å². The Bertz CT molecular complexity index is 315. The van der Waals surface area contributed by atoms with Crippen molar-refractivity contribution in [3.05, 3.63) is 0 Å². The Morgan fingerprint density at radius 3 is 2.38 bits per heavy atom. The van der Waals surface area contributed by atoms with Crippen LogP contribution in [0.25, 0.3) is 0 Å². The van der Waals surface area contributed by atoms with Crippen molar-refractivity contribution in [2.24, 2.45) is 11.3 Å². The molecular formula is C11H15NO4. The molecule has 1 saturated carbocycles. The molecule has 5 nitrogen and oxygen atoms in total. The topological polar surface area (TPSA) is 76.4 Å². The van der Waals surface area contributed by atoms with Crippen LogP contribution in [0.5, 0.6) is 0 Å². The molecule has 0 bridgehead atoms. The quantitative estimate of drug-likeness (QED) is 0.397. The fourth-order valence-electron chi connectivity index (χ4n) is 2.05. The van der Waals surface area contributed by atoms with Crippen molar-refractivity contribution in [3.63, 3.8) is 0 Å². The molecule has 0 aromatic rings. The van der Waals surface area contributed by atoms with Crippen LogP contribution in [0.3, 0.4) is 0 Å². The first kappa shape index (κ1) is 12.5. The van der Waals surface area contributed by atoms with Crippen LogP contribution in [0.15, 0.2) is 0 Å². The smallest absolute Gasteiger partial charge is 0.323 e. The van der Waals surface area contributed by atoms with Gasteiger partial charge in [0.2, 0.25) is 0 Å². The van der Waals surface area contributed by atoms with E-state index in [4.69, 9.17) is 5.26 Å². The van der Waals surface area contributed by atoms with Gasteiger partial charge in [-0.05, 0) is 25.2 Å². The van der Waals surface area contributed by atoms with Crippen LogP contribution < -0.4 is 0 Å². The normalized spacial score (nSPS) is 20.7. The van der Waals surface area contributed by atoms with E-state index in [-0.39, 0.29) is 5.92 Å². The number of rotatable bonds is 5. The lowest BCUT2D eigenvalue weighted by Crippen LogP contribution is -2.30. The van der Waals surface area contributed by atoms with Gasteiger partial charge < -0.3 is 9.47 Å². The second-order valence-electron chi connectivity index (χ2n) is 3.91. The van der Waals surface area contributed by atoms with Crippen LogP contribution in [-0.2, 0) is 19.1 Å². The van der Waals surface area contributed by atoms with Gasteiger partial charge in [0.25, 0.3) is 0 Å². The summed E-state index contributed by atoms with van der Waals surface area (Å²) < 4.78 is 9.26. The third-order valence-electron chi connectivity index (χ3n) is 3.05. The summed E-state index contributed by atoms with van der Waals surface area (Å²) in [5.41, 5.74) is -1.10. The molecular weight excluding hydrogens is 210 g/mol. The highest BCUT2D eigenvalue weighted by atomic mass is 16.5. The molecule has 0 aliphatic heterocycles. The number of unbranched alkanes of at least 4 members (excludes halogenated alkanes) is 1. The average Bonchev–Trinajstić information content (AvgIpc) is 3.03. The Labute approximate surface area is 94.3 Å². The first-order valence-corrected chi connectivity index (χ1v) is 5.17. The van der Waals surface area contributed by atoms with E-state index in [0.29, 0.717) is 25.7 Å². The number of carbonyl (C=O) groups excluding carboxylic acids is 2. The lowest BCUT2D eigenvalue weighted by Gasteiger charge is -2.11. The first-order valence-electron chi connectivity index (χ1n) is 5.17. The Kier molecular flexibility index (Phi) is 3.88. The number of carbonyl (C=O) groups is 2. The summed E-state index contributed by atoms with van der Waals surface area (Å²) in [7, 11) is 2.52. The predicted molar refractivity (Wildman–Crippen MR) is 54.0 cm³/mol. The minimum absolute atomic E-state index is 0.0410. The van der Waals surface area contributed by atoms with Crippen molar-refractivity contribution in [3.8, 4) is 6.07 Å². The maximum atomic E-state index is 11.6. The summed E-state index contributed by atoms with van der Waals surface area (Å²) in [5, 5.41) is 8.41. The van der Waals surface area contributed by atoms with Gasteiger partial charge in [-0.3, -0.25) is 9.59 Å². The summed E-state index contributed by atoms with van der Waals surface area (Å²) in [6.45, 7) is 0. The monoisotopic (exact) mass is 225 g/mol. The summed E-state index contributed by atoms with van der Waals surface area (Å²) in [6.07, 6.45) is 2.28. The SMILES string of the molecule is COC(=O)C1(C(=O)OC)CC1CCCC#N. The van der Waals surface area contributed by atoms with Gasteiger partial charge in [-0.1, -0.05) is 0 Å². The predicted octanol–water partition coefficient (Wildman–Crippen LogP) is 1.03. The number of methoxy groups -OCH3 is 2. The number of hydrogen-bond acceptors (Lipinski definition) is 5. The number of nitrogens with zero attached hydrogens (tertiary/aromatic N) is 1. The fourth-order valence-corrected chi connectivity index (χ4v) is 2.05. The zero-order chi connectivity index (χ0) is 12.2. The zero-order valence-corrected chi connectivity index (χ0v) is 9.49. The van der Waals surface area contributed by atoms with E-state index in [2.05, 4.69) is 9.47 Å². The molecule has 88 valence electrons. The van der Waals surface area contributed by atoms with Crippen molar-refractivity contribution >= 4 is 11.9 Å². The Balaban J connectivity index is 2.62. The van der Waals surface area contributed by atoms with Crippen LogP contribution in [0.4, 0.5) is 0 Å². The molecule has 0 spiro atoms. The van der Waals surface area contributed by atoms with Crippen molar-refractivity contribution in [1.29, 1.82) is 5.26 Å². The van der Waals surface area contributed by atoms with Crippen LogP contribution in [0.2, 0.25) is 0 Å². The standard InChI is InChI=1S/C11H15NO4/c1-15-9(13)11(10(14)16-2)7-8(11)5-3-4-6-12/h8H,3-5,7H2,1-2H3. The molecule has 0 aromatic carbocycles. The fraction of sp³-hybridized carbons (Fsp3) is 0.727. The third kappa shape index (κ3) is 2.01.